The quantitative estimate of drug-likeness (QED) is 0.641. The zero-order chi connectivity index (χ0) is 15.3. The summed E-state index contributed by atoms with van der Waals surface area (Å²) in [5.41, 5.74) is 5.32. The van der Waals surface area contributed by atoms with Crippen LogP contribution in [0.25, 0.3) is 0 Å². The Morgan fingerprint density at radius 2 is 2.05 bits per heavy atom. The lowest BCUT2D eigenvalue weighted by atomic mass is 10.1. The molecule has 5 N–H and O–H groups in total. The van der Waals surface area contributed by atoms with Crippen LogP contribution in [0.15, 0.2) is 12.3 Å². The Bertz CT molecular complexity index is 509. The molecule has 1 amide bonds. The molecule has 0 bridgehead atoms. The summed E-state index contributed by atoms with van der Waals surface area (Å²) < 4.78 is 0. The number of carboxylic acid groups (broad SMARTS) is 1. The number of nitrogens with one attached hydrogen (secondary N) is 2. The van der Waals surface area contributed by atoms with E-state index in [2.05, 4.69) is 15.6 Å². The second kappa shape index (κ2) is 6.23. The van der Waals surface area contributed by atoms with Gasteiger partial charge in [-0.3, -0.25) is 4.79 Å². The first kappa shape index (κ1) is 15.7. The molecule has 1 aromatic rings. The third kappa shape index (κ3) is 5.13. The number of carbonyl (C=O) groups excluding carboxylic acids is 1. The molecule has 0 aliphatic carbocycles. The Kier molecular flexibility index (Phi) is 4.90. The van der Waals surface area contributed by atoms with Crippen LogP contribution in [-0.4, -0.2) is 34.1 Å². The monoisotopic (exact) mass is 280 g/mol. The maximum atomic E-state index is 11.6. The maximum Gasteiger partial charge on any atom is 0.337 e. The average molecular weight is 280 g/mol. The number of nitrogen functional groups attached to an aromatic ring is 1. The molecule has 7 heteroatoms. The topological polar surface area (TPSA) is 117 Å². The van der Waals surface area contributed by atoms with Gasteiger partial charge in [0.25, 0.3) is 0 Å². The van der Waals surface area contributed by atoms with Crippen LogP contribution in [0.5, 0.6) is 0 Å². The highest BCUT2D eigenvalue weighted by atomic mass is 16.4. The van der Waals surface area contributed by atoms with E-state index in [1.807, 2.05) is 20.8 Å². The second-order valence-electron chi connectivity index (χ2n) is 5.44. The SMILES string of the molecule is CC(C)(C)NC(=O)CCNc1cc(C(=O)O)c(N)cn1. The number of carboxylic acids is 1. The standard InChI is InChI=1S/C13H20N4O3/c1-13(2,3)17-11(18)4-5-15-10-6-8(12(19)20)9(14)7-16-10/h6-7H,4-5,14H2,1-3H3,(H,15,16)(H,17,18)(H,19,20). The number of nitrogens with two attached hydrogens (primary N) is 1. The minimum absolute atomic E-state index is 0.0124. The summed E-state index contributed by atoms with van der Waals surface area (Å²) in [4.78, 5) is 26.5. The first-order valence-corrected chi connectivity index (χ1v) is 6.23. The number of nitrogens with zero attached hydrogens (tertiary/aromatic N) is 1. The summed E-state index contributed by atoms with van der Waals surface area (Å²) in [5.74, 6) is -0.822. The van der Waals surface area contributed by atoms with Gasteiger partial charge in [0.2, 0.25) is 5.91 Å². The van der Waals surface area contributed by atoms with Gasteiger partial charge in [-0.25, -0.2) is 9.78 Å². The molecule has 110 valence electrons. The van der Waals surface area contributed by atoms with Crippen molar-refractivity contribution in [1.82, 2.24) is 10.3 Å². The normalized spacial score (nSPS) is 10.9. The van der Waals surface area contributed by atoms with Gasteiger partial charge in [0.1, 0.15) is 5.82 Å². The first-order valence-electron chi connectivity index (χ1n) is 6.23. The average Bonchev–Trinajstić information content (AvgIpc) is 2.28. The van der Waals surface area contributed by atoms with E-state index in [0.29, 0.717) is 12.4 Å². The van der Waals surface area contributed by atoms with Crippen molar-refractivity contribution in [3.05, 3.63) is 17.8 Å². The van der Waals surface area contributed by atoms with Crippen molar-refractivity contribution < 1.29 is 14.7 Å². The third-order valence-corrected chi connectivity index (χ3v) is 2.34. The van der Waals surface area contributed by atoms with Crippen molar-refractivity contribution in [2.24, 2.45) is 0 Å². The molecule has 0 aliphatic heterocycles. The number of pyridine rings is 1. The molecule has 0 aliphatic rings. The molecule has 0 saturated carbocycles. The Hall–Kier alpha value is -2.31. The summed E-state index contributed by atoms with van der Waals surface area (Å²) in [6, 6.07) is 1.35. The third-order valence-electron chi connectivity index (χ3n) is 2.34. The molecule has 0 unspecified atom stereocenters. The van der Waals surface area contributed by atoms with Crippen molar-refractivity contribution in [2.45, 2.75) is 32.7 Å². The lowest BCUT2D eigenvalue weighted by molar-refractivity contribution is -0.122. The molecule has 0 spiro atoms. The Morgan fingerprint density at radius 1 is 1.40 bits per heavy atom. The van der Waals surface area contributed by atoms with E-state index >= 15 is 0 Å². The van der Waals surface area contributed by atoms with Crippen LogP contribution in [0.1, 0.15) is 37.6 Å². The summed E-state index contributed by atoms with van der Waals surface area (Å²) in [6.45, 7) is 6.06. The van der Waals surface area contributed by atoms with Crippen LogP contribution < -0.4 is 16.4 Å². The van der Waals surface area contributed by atoms with E-state index in [-0.39, 0.29) is 29.1 Å². The van der Waals surface area contributed by atoms with Crippen molar-refractivity contribution in [1.29, 1.82) is 0 Å². The largest absolute Gasteiger partial charge is 0.478 e. The number of hydrogen-bond acceptors (Lipinski definition) is 5. The van der Waals surface area contributed by atoms with E-state index in [1.54, 1.807) is 0 Å². The van der Waals surface area contributed by atoms with Crippen molar-refractivity contribution in [2.75, 3.05) is 17.6 Å². The fraction of sp³-hybridized carbons (Fsp3) is 0.462. The molecule has 0 saturated heterocycles. The summed E-state index contributed by atoms with van der Waals surface area (Å²) in [5, 5.41) is 14.7. The van der Waals surface area contributed by atoms with E-state index < -0.39 is 5.97 Å². The van der Waals surface area contributed by atoms with Gasteiger partial charge >= 0.3 is 5.97 Å². The highest BCUT2D eigenvalue weighted by molar-refractivity contribution is 5.94. The molecular formula is C13H20N4O3. The fourth-order valence-corrected chi connectivity index (χ4v) is 1.53. The zero-order valence-electron chi connectivity index (χ0n) is 11.9. The van der Waals surface area contributed by atoms with Gasteiger partial charge < -0.3 is 21.5 Å². The lowest BCUT2D eigenvalue weighted by Crippen LogP contribution is -2.41. The highest BCUT2D eigenvalue weighted by Gasteiger charge is 2.13. The van der Waals surface area contributed by atoms with Gasteiger partial charge in [0.05, 0.1) is 17.4 Å². The Labute approximate surface area is 117 Å². The molecule has 1 rings (SSSR count). The van der Waals surface area contributed by atoms with E-state index in [0.717, 1.165) is 0 Å². The van der Waals surface area contributed by atoms with Crippen molar-refractivity contribution in [3.8, 4) is 0 Å². The van der Waals surface area contributed by atoms with Crippen LogP contribution in [0, 0.1) is 0 Å². The number of anilines is 2. The molecule has 0 atom stereocenters. The summed E-state index contributed by atoms with van der Waals surface area (Å²) in [6.07, 6.45) is 1.55. The molecule has 0 aromatic carbocycles. The predicted molar refractivity (Wildman–Crippen MR) is 76.6 cm³/mol. The number of carbonyl (C=O) groups is 2. The van der Waals surface area contributed by atoms with Crippen molar-refractivity contribution >= 4 is 23.4 Å². The van der Waals surface area contributed by atoms with Gasteiger partial charge in [-0.2, -0.15) is 0 Å². The number of amides is 1. The first-order chi connectivity index (χ1) is 9.19. The Balaban J connectivity index is 2.53. The van der Waals surface area contributed by atoms with E-state index in [1.165, 1.54) is 12.3 Å². The molecular weight excluding hydrogens is 260 g/mol. The smallest absolute Gasteiger partial charge is 0.337 e. The van der Waals surface area contributed by atoms with Crippen LogP contribution >= 0.6 is 0 Å². The summed E-state index contributed by atoms with van der Waals surface area (Å²) in [7, 11) is 0. The number of rotatable bonds is 5. The van der Waals surface area contributed by atoms with Gasteiger partial charge in [-0.05, 0) is 26.8 Å². The minimum Gasteiger partial charge on any atom is -0.478 e. The Morgan fingerprint density at radius 3 is 2.60 bits per heavy atom. The zero-order valence-corrected chi connectivity index (χ0v) is 11.9. The van der Waals surface area contributed by atoms with Crippen LogP contribution in [0.2, 0.25) is 0 Å². The van der Waals surface area contributed by atoms with Gasteiger partial charge in [0.15, 0.2) is 0 Å². The molecule has 1 heterocycles. The van der Waals surface area contributed by atoms with Gasteiger partial charge in [-0.1, -0.05) is 0 Å². The fourth-order valence-electron chi connectivity index (χ4n) is 1.53. The van der Waals surface area contributed by atoms with Crippen molar-refractivity contribution in [3.63, 3.8) is 0 Å². The highest BCUT2D eigenvalue weighted by Crippen LogP contribution is 2.14. The molecule has 0 fully saturated rings. The number of hydrogen-bond donors (Lipinski definition) is 4. The van der Waals surface area contributed by atoms with Crippen LogP contribution in [0.4, 0.5) is 11.5 Å². The van der Waals surface area contributed by atoms with Gasteiger partial charge in [0, 0.05) is 18.5 Å². The lowest BCUT2D eigenvalue weighted by Gasteiger charge is -2.20. The van der Waals surface area contributed by atoms with Gasteiger partial charge in [-0.15, -0.1) is 0 Å². The summed E-state index contributed by atoms with van der Waals surface area (Å²) >= 11 is 0. The number of aromatic nitrogens is 1. The van der Waals surface area contributed by atoms with E-state index in [9.17, 15) is 9.59 Å². The second-order valence-corrected chi connectivity index (χ2v) is 5.44. The molecule has 20 heavy (non-hydrogen) atoms. The van der Waals surface area contributed by atoms with E-state index in [4.69, 9.17) is 10.8 Å². The molecule has 7 nitrogen and oxygen atoms in total. The predicted octanol–water partition coefficient (Wildman–Crippen LogP) is 1.08. The minimum atomic E-state index is -1.11. The van der Waals surface area contributed by atoms with Crippen LogP contribution in [-0.2, 0) is 4.79 Å². The maximum absolute atomic E-state index is 11.6. The molecule has 0 radical (unpaired) electrons. The molecule has 1 aromatic heterocycles. The van der Waals surface area contributed by atoms with Crippen LogP contribution in [0.3, 0.4) is 0 Å². The number of aromatic carboxylic acids is 1.